The van der Waals surface area contributed by atoms with Crippen LogP contribution in [0.2, 0.25) is 0 Å². The highest BCUT2D eigenvalue weighted by molar-refractivity contribution is 5.52. The second-order valence-electron chi connectivity index (χ2n) is 9.03. The molecule has 9 heteroatoms. The number of aliphatic hydroxyl groups is 5. The first-order valence-electron chi connectivity index (χ1n) is 11.8. The highest BCUT2D eigenvalue weighted by Gasteiger charge is 2.55. The van der Waals surface area contributed by atoms with E-state index in [4.69, 9.17) is 14.2 Å². The predicted molar refractivity (Wildman–Crippen MR) is 124 cm³/mol. The molecule has 2 aliphatic heterocycles. The van der Waals surface area contributed by atoms with Gasteiger partial charge in [-0.2, -0.15) is 5.26 Å². The molecule has 9 nitrogen and oxygen atoms in total. The third-order valence-electron chi connectivity index (χ3n) is 6.69. The Balaban J connectivity index is 1.80. The molecule has 6 atom stereocenters. The normalized spacial score (nSPS) is 30.7. The number of rotatable bonds is 7. The van der Waals surface area contributed by atoms with Gasteiger partial charge in [0.2, 0.25) is 5.79 Å². The first kappa shape index (κ1) is 25.5. The van der Waals surface area contributed by atoms with Gasteiger partial charge in [0.25, 0.3) is 0 Å². The van der Waals surface area contributed by atoms with Crippen molar-refractivity contribution in [2.45, 2.75) is 62.5 Å². The first-order valence-corrected chi connectivity index (χ1v) is 11.8. The lowest BCUT2D eigenvalue weighted by Crippen LogP contribution is -2.63. The molecule has 2 saturated heterocycles. The standard InChI is InChI=1S/C26H31NO8/c1-2-15-3-5-16(6-4-15)9-17-10-20(21(11-18(17)12-27)34-19-7-8-33-14-19)26(32)25(31)24(30)23(29)22(13-28)35-26/h3-6,10-11,19,22-25,28-32H,2,7-9,13-14H2,1H3/t19-,22-,23-,24+,25-,26+/m1/s1. The van der Waals surface area contributed by atoms with Crippen molar-refractivity contribution >= 4 is 0 Å². The zero-order valence-electron chi connectivity index (χ0n) is 19.5. The minimum absolute atomic E-state index is 0.0134. The quantitative estimate of drug-likeness (QED) is 0.377. The molecule has 4 rings (SSSR count). The Morgan fingerprint density at radius 1 is 1.11 bits per heavy atom. The number of aliphatic hydroxyl groups excluding tert-OH is 4. The monoisotopic (exact) mass is 485 g/mol. The molecule has 35 heavy (non-hydrogen) atoms. The largest absolute Gasteiger partial charge is 0.487 e. The zero-order valence-corrected chi connectivity index (χ0v) is 19.5. The molecular formula is C26H31NO8. The molecule has 2 heterocycles. The Morgan fingerprint density at radius 3 is 2.43 bits per heavy atom. The number of hydrogen-bond donors (Lipinski definition) is 5. The van der Waals surface area contributed by atoms with Crippen LogP contribution in [0.5, 0.6) is 5.75 Å². The minimum atomic E-state index is -2.52. The lowest BCUT2D eigenvalue weighted by atomic mass is 9.85. The maximum Gasteiger partial charge on any atom is 0.226 e. The fourth-order valence-electron chi connectivity index (χ4n) is 4.53. The molecule has 0 amide bonds. The molecule has 0 radical (unpaired) electrons. The Labute approximate surface area is 203 Å². The van der Waals surface area contributed by atoms with Crippen molar-refractivity contribution in [2.24, 2.45) is 0 Å². The average Bonchev–Trinajstić information content (AvgIpc) is 3.39. The summed E-state index contributed by atoms with van der Waals surface area (Å²) in [5.41, 5.74) is 2.96. The molecule has 2 fully saturated rings. The number of benzene rings is 2. The number of hydrogen-bond acceptors (Lipinski definition) is 9. The van der Waals surface area contributed by atoms with E-state index >= 15 is 0 Å². The molecule has 5 N–H and O–H groups in total. The van der Waals surface area contributed by atoms with E-state index in [1.165, 1.54) is 17.7 Å². The van der Waals surface area contributed by atoms with E-state index in [9.17, 15) is 30.8 Å². The van der Waals surface area contributed by atoms with Crippen LogP contribution in [0.3, 0.4) is 0 Å². The zero-order chi connectivity index (χ0) is 25.2. The van der Waals surface area contributed by atoms with Crippen LogP contribution in [0.15, 0.2) is 36.4 Å². The summed E-state index contributed by atoms with van der Waals surface area (Å²) in [5.74, 6) is -2.43. The van der Waals surface area contributed by atoms with Crippen LogP contribution in [0.1, 0.15) is 41.2 Å². The van der Waals surface area contributed by atoms with Gasteiger partial charge in [-0.15, -0.1) is 0 Å². The fourth-order valence-corrected chi connectivity index (χ4v) is 4.53. The van der Waals surface area contributed by atoms with E-state index in [1.54, 1.807) is 0 Å². The SMILES string of the molecule is CCc1ccc(Cc2cc([C@]3(O)O[C@H](CO)[C@@H](O)[C@H](O)[C@H]3O)c(O[C@@H]3CCOC3)cc2C#N)cc1. The summed E-state index contributed by atoms with van der Waals surface area (Å²) < 4.78 is 17.0. The van der Waals surface area contributed by atoms with E-state index in [2.05, 4.69) is 13.0 Å². The minimum Gasteiger partial charge on any atom is -0.487 e. The van der Waals surface area contributed by atoms with Gasteiger partial charge in [-0.05, 0) is 41.7 Å². The number of nitriles is 1. The van der Waals surface area contributed by atoms with Gasteiger partial charge in [0.1, 0.15) is 36.3 Å². The van der Waals surface area contributed by atoms with E-state index < -0.39 is 36.8 Å². The van der Waals surface area contributed by atoms with Crippen molar-refractivity contribution in [3.05, 3.63) is 64.2 Å². The molecule has 0 unspecified atom stereocenters. The molecule has 2 aliphatic rings. The van der Waals surface area contributed by atoms with E-state index in [0.717, 1.165) is 12.0 Å². The van der Waals surface area contributed by atoms with Crippen LogP contribution in [0.25, 0.3) is 0 Å². The predicted octanol–water partition coefficient (Wildman–Crippen LogP) is 0.498. The average molecular weight is 486 g/mol. The Morgan fingerprint density at radius 2 is 1.83 bits per heavy atom. The lowest BCUT2D eigenvalue weighted by molar-refractivity contribution is -0.358. The van der Waals surface area contributed by atoms with Crippen molar-refractivity contribution in [3.8, 4) is 11.8 Å². The van der Waals surface area contributed by atoms with Gasteiger partial charge in [0.05, 0.1) is 37.0 Å². The number of aryl methyl sites for hydroxylation is 1. The highest BCUT2D eigenvalue weighted by Crippen LogP contribution is 2.42. The summed E-state index contributed by atoms with van der Waals surface area (Å²) in [6, 6.07) is 13.1. The van der Waals surface area contributed by atoms with Crippen LogP contribution < -0.4 is 4.74 Å². The van der Waals surface area contributed by atoms with Crippen LogP contribution in [0.4, 0.5) is 0 Å². The number of ether oxygens (including phenoxy) is 3. The van der Waals surface area contributed by atoms with Crippen LogP contribution in [0, 0.1) is 11.3 Å². The van der Waals surface area contributed by atoms with E-state index in [1.807, 2.05) is 24.3 Å². The highest BCUT2D eigenvalue weighted by atomic mass is 16.7. The van der Waals surface area contributed by atoms with Crippen LogP contribution in [-0.4, -0.2) is 75.9 Å². The second-order valence-corrected chi connectivity index (χ2v) is 9.03. The molecule has 2 aromatic rings. The third-order valence-corrected chi connectivity index (χ3v) is 6.69. The molecule has 2 aromatic carbocycles. The van der Waals surface area contributed by atoms with Crippen LogP contribution >= 0.6 is 0 Å². The summed E-state index contributed by atoms with van der Waals surface area (Å²) in [4.78, 5) is 0. The maximum atomic E-state index is 11.5. The van der Waals surface area contributed by atoms with Crippen LogP contribution in [-0.2, 0) is 28.1 Å². The first-order chi connectivity index (χ1) is 16.8. The van der Waals surface area contributed by atoms with Crippen molar-refractivity contribution in [1.82, 2.24) is 0 Å². The van der Waals surface area contributed by atoms with E-state index in [-0.39, 0.29) is 17.4 Å². The van der Waals surface area contributed by atoms with Gasteiger partial charge < -0.3 is 39.7 Å². The van der Waals surface area contributed by atoms with Gasteiger partial charge in [0.15, 0.2) is 0 Å². The molecule has 0 spiro atoms. The lowest BCUT2D eigenvalue weighted by Gasteiger charge is -2.46. The molecule has 188 valence electrons. The topological polar surface area (TPSA) is 153 Å². The van der Waals surface area contributed by atoms with Gasteiger partial charge in [-0.3, -0.25) is 0 Å². The Hall–Kier alpha value is -2.55. The third kappa shape index (κ3) is 5.06. The van der Waals surface area contributed by atoms with Gasteiger partial charge in [-0.25, -0.2) is 0 Å². The van der Waals surface area contributed by atoms with Crippen molar-refractivity contribution in [1.29, 1.82) is 5.26 Å². The van der Waals surface area contributed by atoms with E-state index in [0.29, 0.717) is 37.2 Å². The molecule has 0 aliphatic carbocycles. The van der Waals surface area contributed by atoms with Crippen molar-refractivity contribution in [3.63, 3.8) is 0 Å². The van der Waals surface area contributed by atoms with Crippen molar-refractivity contribution in [2.75, 3.05) is 19.8 Å². The molecule has 0 bridgehead atoms. The van der Waals surface area contributed by atoms with Gasteiger partial charge in [0, 0.05) is 6.42 Å². The number of nitrogens with zero attached hydrogens (tertiary/aromatic N) is 1. The summed E-state index contributed by atoms with van der Waals surface area (Å²) >= 11 is 0. The van der Waals surface area contributed by atoms with Gasteiger partial charge >= 0.3 is 0 Å². The maximum absolute atomic E-state index is 11.5. The summed E-state index contributed by atoms with van der Waals surface area (Å²) in [7, 11) is 0. The fraction of sp³-hybridized carbons (Fsp3) is 0.500. The molecule has 0 aromatic heterocycles. The summed E-state index contributed by atoms with van der Waals surface area (Å²) in [6.45, 7) is 2.17. The van der Waals surface area contributed by atoms with Gasteiger partial charge in [-0.1, -0.05) is 31.2 Å². The van der Waals surface area contributed by atoms with Crippen molar-refractivity contribution < 1.29 is 39.7 Å². The molecule has 0 saturated carbocycles. The Bertz CT molecular complexity index is 1060. The smallest absolute Gasteiger partial charge is 0.226 e. The summed E-state index contributed by atoms with van der Waals surface area (Å²) in [6.07, 6.45) is -5.22. The Kier molecular flexibility index (Phi) is 7.73. The molecular weight excluding hydrogens is 454 g/mol. The summed E-state index contributed by atoms with van der Waals surface area (Å²) in [5, 5.41) is 62.4. The second kappa shape index (κ2) is 10.6.